The van der Waals surface area contributed by atoms with Gasteiger partial charge in [0.25, 0.3) is 0 Å². The highest BCUT2D eigenvalue weighted by molar-refractivity contribution is 5.70. The third-order valence-corrected chi connectivity index (χ3v) is 8.24. The van der Waals surface area contributed by atoms with Crippen molar-refractivity contribution in [2.45, 2.75) is 104 Å². The van der Waals surface area contributed by atoms with Crippen molar-refractivity contribution in [3.8, 4) is 17.3 Å². The Kier molecular flexibility index (Phi) is 10.4. The molecule has 1 atom stereocenters. The van der Waals surface area contributed by atoms with E-state index in [-0.39, 0.29) is 12.0 Å². The fourth-order valence-corrected chi connectivity index (χ4v) is 5.91. The Hall–Kier alpha value is -3.02. The Morgan fingerprint density at radius 2 is 1.95 bits per heavy atom. The molecule has 3 heterocycles. The third kappa shape index (κ3) is 9.24. The second-order valence-electron chi connectivity index (χ2n) is 13.0. The molecule has 2 aromatic heterocycles. The van der Waals surface area contributed by atoms with Crippen LogP contribution in [0, 0.1) is 29.6 Å². The lowest BCUT2D eigenvalue weighted by molar-refractivity contribution is -0.155. The van der Waals surface area contributed by atoms with Crippen molar-refractivity contribution < 1.29 is 14.3 Å². The number of pyridine rings is 2. The van der Waals surface area contributed by atoms with Crippen molar-refractivity contribution in [1.29, 1.82) is 5.26 Å². The average Bonchev–Trinajstić information content (AvgIpc) is 2.93. The Bertz CT molecular complexity index is 1200. The molecule has 2 aliphatic rings. The number of aryl methyl sites for hydroxylation is 1. The predicted octanol–water partition coefficient (Wildman–Crippen LogP) is 6.00. The summed E-state index contributed by atoms with van der Waals surface area (Å²) in [4.78, 5) is 21.8. The maximum atomic E-state index is 12.2. The van der Waals surface area contributed by atoms with Crippen LogP contribution in [0.1, 0.15) is 83.9 Å². The molecule has 0 radical (unpaired) electrons. The number of carbonyl (C=O) groups excluding carboxylic acids is 1. The molecule has 2 N–H and O–H groups in total. The third-order valence-electron chi connectivity index (χ3n) is 8.24. The first-order valence-corrected chi connectivity index (χ1v) is 15.2. The SMILES string of the molecule is Cc1cnc(CC2CCC(N[C@H](C)CC(=O)OC(C)(C)C)CC2)cc1-c1cccc(NCC2(C#N)CCOCC2)n1. The lowest BCUT2D eigenvalue weighted by atomic mass is 9.82. The molecule has 4 rings (SSSR count). The summed E-state index contributed by atoms with van der Waals surface area (Å²) >= 11 is 0. The molecule has 0 amide bonds. The first kappa shape index (κ1) is 30.9. The summed E-state index contributed by atoms with van der Waals surface area (Å²) in [5, 5.41) is 16.8. The predicted molar refractivity (Wildman–Crippen MR) is 161 cm³/mol. The molecule has 8 nitrogen and oxygen atoms in total. The molecule has 2 fully saturated rings. The minimum absolute atomic E-state index is 0.104. The van der Waals surface area contributed by atoms with Crippen LogP contribution >= 0.6 is 0 Å². The van der Waals surface area contributed by atoms with Crippen LogP contribution in [0.4, 0.5) is 5.82 Å². The van der Waals surface area contributed by atoms with Crippen molar-refractivity contribution >= 4 is 11.8 Å². The first-order chi connectivity index (χ1) is 19.5. The second-order valence-corrected chi connectivity index (χ2v) is 13.0. The molecule has 0 aromatic carbocycles. The van der Waals surface area contributed by atoms with Gasteiger partial charge in [0.2, 0.25) is 0 Å². The van der Waals surface area contributed by atoms with Crippen molar-refractivity contribution in [1.82, 2.24) is 15.3 Å². The zero-order valence-corrected chi connectivity index (χ0v) is 25.5. The monoisotopic (exact) mass is 561 g/mol. The zero-order chi connectivity index (χ0) is 29.5. The van der Waals surface area contributed by atoms with Gasteiger partial charge >= 0.3 is 5.97 Å². The number of rotatable bonds is 10. The molecule has 0 spiro atoms. The van der Waals surface area contributed by atoms with Gasteiger partial charge in [-0.2, -0.15) is 5.26 Å². The molecule has 1 saturated carbocycles. The van der Waals surface area contributed by atoms with E-state index in [1.54, 1.807) is 0 Å². The number of nitrogens with one attached hydrogen (secondary N) is 2. The summed E-state index contributed by atoms with van der Waals surface area (Å²) in [5.41, 5.74) is 3.38. The van der Waals surface area contributed by atoms with Crippen LogP contribution in [0.15, 0.2) is 30.5 Å². The van der Waals surface area contributed by atoms with E-state index < -0.39 is 11.0 Å². The van der Waals surface area contributed by atoms with Gasteiger partial charge in [0, 0.05) is 49.3 Å². The zero-order valence-electron chi connectivity index (χ0n) is 25.5. The van der Waals surface area contributed by atoms with E-state index in [1.807, 2.05) is 45.2 Å². The number of hydrogen-bond acceptors (Lipinski definition) is 8. The smallest absolute Gasteiger partial charge is 0.307 e. The fourth-order valence-electron chi connectivity index (χ4n) is 5.91. The summed E-state index contributed by atoms with van der Waals surface area (Å²) in [7, 11) is 0. The number of ether oxygens (including phenoxy) is 2. The van der Waals surface area contributed by atoms with E-state index >= 15 is 0 Å². The van der Waals surface area contributed by atoms with Gasteiger partial charge in [-0.25, -0.2) is 4.98 Å². The Morgan fingerprint density at radius 3 is 2.63 bits per heavy atom. The number of carbonyl (C=O) groups is 1. The van der Waals surface area contributed by atoms with Crippen LogP contribution in [-0.2, 0) is 20.7 Å². The molecule has 2 aromatic rings. The number of hydrogen-bond donors (Lipinski definition) is 2. The van der Waals surface area contributed by atoms with Crippen molar-refractivity contribution in [3.63, 3.8) is 0 Å². The van der Waals surface area contributed by atoms with Gasteiger partial charge in [-0.05, 0) is 109 Å². The van der Waals surface area contributed by atoms with Crippen LogP contribution in [0.3, 0.4) is 0 Å². The van der Waals surface area contributed by atoms with E-state index in [2.05, 4.69) is 36.6 Å². The summed E-state index contributed by atoms with van der Waals surface area (Å²) < 4.78 is 10.9. The summed E-state index contributed by atoms with van der Waals surface area (Å²) in [6, 6.07) is 11.3. The van der Waals surface area contributed by atoms with Gasteiger partial charge in [0.05, 0.1) is 23.6 Å². The summed E-state index contributed by atoms with van der Waals surface area (Å²) in [6.07, 6.45) is 9.30. The largest absolute Gasteiger partial charge is 0.460 e. The fraction of sp³-hybridized carbons (Fsp3) is 0.636. The van der Waals surface area contributed by atoms with Crippen LogP contribution in [0.5, 0.6) is 0 Å². The summed E-state index contributed by atoms with van der Waals surface area (Å²) in [6.45, 7) is 11.7. The molecule has 41 heavy (non-hydrogen) atoms. The van der Waals surface area contributed by atoms with Crippen LogP contribution in [0.2, 0.25) is 0 Å². The molecule has 0 bridgehead atoms. The Labute approximate surface area is 245 Å². The van der Waals surface area contributed by atoms with Gasteiger partial charge in [-0.1, -0.05) is 6.07 Å². The van der Waals surface area contributed by atoms with Gasteiger partial charge in [-0.15, -0.1) is 0 Å². The molecular formula is C33H47N5O3. The number of esters is 1. The molecule has 222 valence electrons. The van der Waals surface area contributed by atoms with E-state index in [9.17, 15) is 10.1 Å². The van der Waals surface area contributed by atoms with Crippen molar-refractivity contribution in [2.24, 2.45) is 11.3 Å². The van der Waals surface area contributed by atoms with E-state index in [4.69, 9.17) is 19.4 Å². The van der Waals surface area contributed by atoms with E-state index in [0.29, 0.717) is 38.1 Å². The second kappa shape index (κ2) is 13.8. The minimum Gasteiger partial charge on any atom is -0.460 e. The molecule has 1 saturated heterocycles. The highest BCUT2D eigenvalue weighted by Crippen LogP contribution is 2.32. The topological polar surface area (TPSA) is 109 Å². The molecule has 1 aliphatic carbocycles. The Morgan fingerprint density at radius 1 is 1.22 bits per heavy atom. The maximum Gasteiger partial charge on any atom is 0.307 e. The van der Waals surface area contributed by atoms with Gasteiger partial charge < -0.3 is 20.1 Å². The molecule has 1 aliphatic heterocycles. The average molecular weight is 562 g/mol. The summed E-state index contributed by atoms with van der Waals surface area (Å²) in [5.74, 6) is 1.24. The highest BCUT2D eigenvalue weighted by Gasteiger charge is 2.32. The number of nitrogens with zero attached hydrogens (tertiary/aromatic N) is 3. The number of nitriles is 1. The van der Waals surface area contributed by atoms with Gasteiger partial charge in [0.1, 0.15) is 11.4 Å². The quantitative estimate of drug-likeness (QED) is 0.340. The number of anilines is 1. The lowest BCUT2D eigenvalue weighted by Crippen LogP contribution is -2.41. The van der Waals surface area contributed by atoms with Crippen LogP contribution in [-0.4, -0.2) is 53.4 Å². The standard InChI is InChI=1S/C33H47N5O3/c1-23-20-35-27(18-25-9-11-26(12-10-25)37-24(2)17-31(39)41-32(3,4)5)19-28(23)29-7-6-8-30(38-29)36-22-33(21-34)13-15-40-16-14-33/h6-8,19-20,24-26,37H,9-18,22H2,1-5H3,(H,36,38)/t24-,25?,26?/m1/s1. The maximum absolute atomic E-state index is 12.2. The first-order valence-electron chi connectivity index (χ1n) is 15.2. The van der Waals surface area contributed by atoms with Crippen molar-refractivity contribution in [3.05, 3.63) is 41.7 Å². The minimum atomic E-state index is -0.444. The normalized spacial score (nSPS) is 21.5. The molecule has 0 unspecified atom stereocenters. The molecule has 8 heteroatoms. The van der Waals surface area contributed by atoms with Crippen LogP contribution < -0.4 is 10.6 Å². The highest BCUT2D eigenvalue weighted by atomic mass is 16.6. The van der Waals surface area contributed by atoms with Gasteiger partial charge in [-0.3, -0.25) is 9.78 Å². The van der Waals surface area contributed by atoms with Crippen LogP contribution in [0.25, 0.3) is 11.3 Å². The van der Waals surface area contributed by atoms with Crippen molar-refractivity contribution in [2.75, 3.05) is 25.1 Å². The van der Waals surface area contributed by atoms with E-state index in [1.165, 1.54) is 0 Å². The molecular weight excluding hydrogens is 514 g/mol. The number of aromatic nitrogens is 2. The van der Waals surface area contributed by atoms with E-state index in [0.717, 1.165) is 73.3 Å². The van der Waals surface area contributed by atoms with Gasteiger partial charge in [0.15, 0.2) is 0 Å². The Balaban J connectivity index is 1.30. The lowest BCUT2D eigenvalue weighted by Gasteiger charge is -2.31.